The molecule has 0 heterocycles. The Hall–Kier alpha value is -0.260. The number of hydrogen-bond donors (Lipinski definition) is 0. The number of hydrogen-bond acceptors (Lipinski definition) is 3. The van der Waals surface area contributed by atoms with Gasteiger partial charge in [0, 0.05) is 16.3 Å². The molecule has 6 heteroatoms. The van der Waals surface area contributed by atoms with Gasteiger partial charge in [-0.2, -0.15) is 0 Å². The van der Waals surface area contributed by atoms with Crippen molar-refractivity contribution in [2.75, 3.05) is 13.4 Å². The SMILES string of the molecule is COc1ccc(Br)cc1C(Cl)C(C)S(C)(=O)=O. The minimum absolute atomic E-state index is 0.587. The number of benzene rings is 1. The van der Waals surface area contributed by atoms with Crippen LogP contribution in [0.1, 0.15) is 17.9 Å². The van der Waals surface area contributed by atoms with E-state index < -0.39 is 20.5 Å². The first-order valence-electron chi connectivity index (χ1n) is 4.93. The molecule has 0 bridgehead atoms. The normalized spacial score (nSPS) is 15.4. The predicted octanol–water partition coefficient (Wildman–Crippen LogP) is 3.17. The Morgan fingerprint density at radius 3 is 2.47 bits per heavy atom. The Morgan fingerprint density at radius 2 is 2.00 bits per heavy atom. The van der Waals surface area contributed by atoms with Gasteiger partial charge in [-0.1, -0.05) is 15.9 Å². The zero-order valence-corrected chi connectivity index (χ0v) is 12.9. The van der Waals surface area contributed by atoms with Crippen LogP contribution in [0.5, 0.6) is 5.75 Å². The maximum absolute atomic E-state index is 11.5. The molecular weight excluding hydrogens is 328 g/mol. The van der Waals surface area contributed by atoms with Crippen LogP contribution >= 0.6 is 27.5 Å². The zero-order valence-electron chi connectivity index (χ0n) is 9.78. The van der Waals surface area contributed by atoms with Gasteiger partial charge in [0.15, 0.2) is 9.84 Å². The second kappa shape index (κ2) is 5.59. The van der Waals surface area contributed by atoms with Gasteiger partial charge in [0.05, 0.1) is 17.7 Å². The summed E-state index contributed by atoms with van der Waals surface area (Å²) in [4.78, 5) is 0. The number of alkyl halides is 1. The number of ether oxygens (including phenoxy) is 1. The molecule has 0 N–H and O–H groups in total. The van der Waals surface area contributed by atoms with E-state index in [2.05, 4.69) is 15.9 Å². The fourth-order valence-electron chi connectivity index (χ4n) is 1.39. The highest BCUT2D eigenvalue weighted by atomic mass is 79.9. The van der Waals surface area contributed by atoms with Crippen molar-refractivity contribution in [1.82, 2.24) is 0 Å². The van der Waals surface area contributed by atoms with E-state index in [1.165, 1.54) is 13.4 Å². The summed E-state index contributed by atoms with van der Waals surface area (Å²) in [5.74, 6) is 0.587. The molecule has 0 amide bonds. The molecule has 0 aliphatic rings. The molecule has 96 valence electrons. The summed E-state index contributed by atoms with van der Waals surface area (Å²) in [5.41, 5.74) is 0.668. The van der Waals surface area contributed by atoms with E-state index in [9.17, 15) is 8.42 Å². The van der Waals surface area contributed by atoms with Crippen LogP contribution < -0.4 is 4.74 Å². The molecule has 2 unspecified atom stereocenters. The van der Waals surface area contributed by atoms with E-state index in [4.69, 9.17) is 16.3 Å². The van der Waals surface area contributed by atoms with Gasteiger partial charge in [0.1, 0.15) is 5.75 Å². The fraction of sp³-hybridized carbons (Fsp3) is 0.455. The molecule has 3 nitrogen and oxygen atoms in total. The lowest BCUT2D eigenvalue weighted by Gasteiger charge is -2.19. The minimum atomic E-state index is -3.19. The van der Waals surface area contributed by atoms with E-state index in [-0.39, 0.29) is 0 Å². The van der Waals surface area contributed by atoms with Crippen LogP contribution in [0.2, 0.25) is 0 Å². The van der Waals surface area contributed by atoms with Crippen LogP contribution in [0.3, 0.4) is 0 Å². The van der Waals surface area contributed by atoms with E-state index in [1.807, 2.05) is 6.07 Å². The van der Waals surface area contributed by atoms with Gasteiger partial charge >= 0.3 is 0 Å². The quantitative estimate of drug-likeness (QED) is 0.790. The van der Waals surface area contributed by atoms with Crippen molar-refractivity contribution in [2.45, 2.75) is 17.6 Å². The second-order valence-electron chi connectivity index (χ2n) is 3.82. The van der Waals surface area contributed by atoms with Crippen LogP contribution in [-0.2, 0) is 9.84 Å². The topological polar surface area (TPSA) is 43.4 Å². The van der Waals surface area contributed by atoms with E-state index in [0.29, 0.717) is 11.3 Å². The van der Waals surface area contributed by atoms with Gasteiger partial charge in [0.25, 0.3) is 0 Å². The summed E-state index contributed by atoms with van der Waals surface area (Å²) in [5, 5.41) is -1.31. The lowest BCUT2D eigenvalue weighted by molar-refractivity contribution is 0.408. The van der Waals surface area contributed by atoms with Gasteiger partial charge in [-0.3, -0.25) is 0 Å². The van der Waals surface area contributed by atoms with Crippen LogP contribution in [0.4, 0.5) is 0 Å². The lowest BCUT2D eigenvalue weighted by Crippen LogP contribution is -2.21. The molecule has 0 aromatic heterocycles. The molecule has 1 rings (SSSR count). The van der Waals surface area contributed by atoms with Crippen molar-refractivity contribution in [3.8, 4) is 5.75 Å². The standard InChI is InChI=1S/C11H14BrClO3S/c1-7(17(3,14)15)11(13)9-6-8(12)4-5-10(9)16-2/h4-7,11H,1-3H3. The molecule has 1 aromatic rings. The molecule has 0 aliphatic carbocycles. The molecule has 0 radical (unpaired) electrons. The first kappa shape index (κ1) is 14.8. The summed E-state index contributed by atoms with van der Waals surface area (Å²) in [6, 6.07) is 5.35. The third-order valence-corrected chi connectivity index (χ3v) is 5.45. The van der Waals surface area contributed by atoms with Gasteiger partial charge in [-0.15, -0.1) is 11.6 Å². The molecule has 1 aromatic carbocycles. The third-order valence-electron chi connectivity index (χ3n) is 2.58. The van der Waals surface area contributed by atoms with Gasteiger partial charge in [-0.25, -0.2) is 8.42 Å². The number of methoxy groups -OCH3 is 1. The fourth-order valence-corrected chi connectivity index (χ4v) is 3.08. The average molecular weight is 342 g/mol. The highest BCUT2D eigenvalue weighted by molar-refractivity contribution is 9.10. The first-order valence-corrected chi connectivity index (χ1v) is 8.12. The van der Waals surface area contributed by atoms with Crippen molar-refractivity contribution < 1.29 is 13.2 Å². The van der Waals surface area contributed by atoms with Crippen molar-refractivity contribution in [3.63, 3.8) is 0 Å². The predicted molar refractivity (Wildman–Crippen MR) is 73.6 cm³/mol. The van der Waals surface area contributed by atoms with Crippen molar-refractivity contribution >= 4 is 37.4 Å². The summed E-state index contributed by atoms with van der Waals surface area (Å²) >= 11 is 9.55. The van der Waals surface area contributed by atoms with Crippen LogP contribution in [0, 0.1) is 0 Å². The van der Waals surface area contributed by atoms with Gasteiger partial charge in [-0.05, 0) is 25.1 Å². The molecule has 2 atom stereocenters. The van der Waals surface area contributed by atoms with Crippen molar-refractivity contribution in [1.29, 1.82) is 0 Å². The Bertz CT molecular complexity index is 501. The molecular formula is C11H14BrClO3S. The van der Waals surface area contributed by atoms with Gasteiger partial charge < -0.3 is 4.74 Å². The molecule has 17 heavy (non-hydrogen) atoms. The van der Waals surface area contributed by atoms with Crippen LogP contribution in [-0.4, -0.2) is 27.0 Å². The second-order valence-corrected chi connectivity index (χ2v) is 7.61. The van der Waals surface area contributed by atoms with E-state index in [0.717, 1.165) is 4.47 Å². The third kappa shape index (κ3) is 3.60. The maximum atomic E-state index is 11.5. The van der Waals surface area contributed by atoms with Gasteiger partial charge in [0.2, 0.25) is 0 Å². The lowest BCUT2D eigenvalue weighted by atomic mass is 10.1. The summed E-state index contributed by atoms with van der Waals surface area (Å²) in [6.45, 7) is 1.59. The molecule has 0 saturated heterocycles. The molecule has 0 saturated carbocycles. The minimum Gasteiger partial charge on any atom is -0.496 e. The highest BCUT2D eigenvalue weighted by Crippen LogP contribution is 2.36. The smallest absolute Gasteiger partial charge is 0.151 e. The van der Waals surface area contributed by atoms with Crippen molar-refractivity contribution in [3.05, 3.63) is 28.2 Å². The van der Waals surface area contributed by atoms with E-state index in [1.54, 1.807) is 19.1 Å². The average Bonchev–Trinajstić information content (AvgIpc) is 2.25. The Kier molecular flexibility index (Phi) is 4.86. The summed E-state index contributed by atoms with van der Waals surface area (Å²) in [7, 11) is -1.66. The molecule has 0 aliphatic heterocycles. The van der Waals surface area contributed by atoms with E-state index >= 15 is 0 Å². The monoisotopic (exact) mass is 340 g/mol. The Balaban J connectivity index is 3.19. The summed E-state index contributed by atoms with van der Waals surface area (Å²) in [6.07, 6.45) is 1.18. The number of rotatable bonds is 4. The zero-order chi connectivity index (χ0) is 13.2. The number of sulfone groups is 1. The number of halogens is 2. The Morgan fingerprint density at radius 1 is 1.41 bits per heavy atom. The molecule has 0 spiro atoms. The first-order chi connectivity index (χ1) is 7.77. The largest absolute Gasteiger partial charge is 0.496 e. The Labute approximate surface area is 115 Å². The summed E-state index contributed by atoms with van der Waals surface area (Å²) < 4.78 is 29.0. The van der Waals surface area contributed by atoms with Crippen molar-refractivity contribution in [2.24, 2.45) is 0 Å². The maximum Gasteiger partial charge on any atom is 0.151 e. The van der Waals surface area contributed by atoms with Crippen LogP contribution in [0.15, 0.2) is 22.7 Å². The molecule has 0 fully saturated rings. The highest BCUT2D eigenvalue weighted by Gasteiger charge is 2.27. The van der Waals surface area contributed by atoms with Crippen LogP contribution in [0.25, 0.3) is 0 Å².